The van der Waals surface area contributed by atoms with Crippen molar-refractivity contribution in [3.05, 3.63) is 47.9 Å². The minimum absolute atomic E-state index is 0.308. The van der Waals surface area contributed by atoms with Crippen LogP contribution in [0.3, 0.4) is 0 Å². The first-order chi connectivity index (χ1) is 16.5. The zero-order valence-corrected chi connectivity index (χ0v) is 19.2. The van der Waals surface area contributed by atoms with Gasteiger partial charge in [-0.25, -0.2) is 23.4 Å². The van der Waals surface area contributed by atoms with E-state index in [1.54, 1.807) is 12.4 Å². The van der Waals surface area contributed by atoms with Gasteiger partial charge in [0.25, 0.3) is 0 Å². The summed E-state index contributed by atoms with van der Waals surface area (Å²) in [6.45, 7) is 5.32. The van der Waals surface area contributed by atoms with E-state index in [1.165, 1.54) is 12.1 Å². The zero-order chi connectivity index (χ0) is 23.2. The van der Waals surface area contributed by atoms with Crippen LogP contribution in [0.4, 0.5) is 32.2 Å². The van der Waals surface area contributed by atoms with Crippen LogP contribution in [-0.4, -0.2) is 50.4 Å². The van der Waals surface area contributed by atoms with Crippen molar-refractivity contribution in [3.8, 4) is 0 Å². The fourth-order valence-corrected chi connectivity index (χ4v) is 5.68. The molecule has 8 nitrogen and oxygen atoms in total. The molecule has 6 rings (SSSR count). The van der Waals surface area contributed by atoms with E-state index >= 15 is 0 Å². The number of nitrogens with one attached hydrogen (secondary N) is 1. The standard InChI is InChI=1S/C24H28F2N8/c1-15-10-21(28-14-27-15)32-12-16-4-5-17(13-32)22(16)29-23-30-24-33(8-2-3-9-34(24)31-23)18-6-7-19(25)20(26)11-18/h6-7,10-11,14,16-17,22H,2-5,8-9,12-13H2,1H3,(H,29,31)/t16-,17+,22+. The quantitative estimate of drug-likeness (QED) is 0.625. The molecule has 0 unspecified atom stereocenters. The van der Waals surface area contributed by atoms with Crippen molar-refractivity contribution in [2.75, 3.05) is 34.8 Å². The number of hydrogen-bond acceptors (Lipinski definition) is 7. The first kappa shape index (κ1) is 21.2. The Balaban J connectivity index is 1.22. The van der Waals surface area contributed by atoms with Crippen molar-refractivity contribution in [1.82, 2.24) is 24.7 Å². The molecule has 1 saturated carbocycles. The van der Waals surface area contributed by atoms with Crippen LogP contribution in [0.25, 0.3) is 0 Å². The lowest BCUT2D eigenvalue weighted by Gasteiger charge is -2.38. The Hall–Kier alpha value is -3.30. The summed E-state index contributed by atoms with van der Waals surface area (Å²) in [5.74, 6) is 1.55. The Labute approximate surface area is 197 Å². The summed E-state index contributed by atoms with van der Waals surface area (Å²) in [5, 5.41) is 8.39. The van der Waals surface area contributed by atoms with Gasteiger partial charge in [0, 0.05) is 55.7 Å². The van der Waals surface area contributed by atoms with Crippen molar-refractivity contribution in [2.45, 2.75) is 45.2 Å². The summed E-state index contributed by atoms with van der Waals surface area (Å²) in [4.78, 5) is 17.8. The van der Waals surface area contributed by atoms with E-state index in [2.05, 4.69) is 20.2 Å². The molecule has 0 spiro atoms. The van der Waals surface area contributed by atoms with Gasteiger partial charge >= 0.3 is 0 Å². The van der Waals surface area contributed by atoms with Gasteiger partial charge in [0.2, 0.25) is 11.9 Å². The molecule has 2 aromatic heterocycles. The van der Waals surface area contributed by atoms with Crippen LogP contribution >= 0.6 is 0 Å². The van der Waals surface area contributed by atoms with Gasteiger partial charge in [0.15, 0.2) is 11.6 Å². The molecule has 2 fully saturated rings. The average molecular weight is 467 g/mol. The van der Waals surface area contributed by atoms with Crippen LogP contribution in [0.2, 0.25) is 0 Å². The Morgan fingerprint density at radius 1 is 0.971 bits per heavy atom. The molecule has 3 atom stereocenters. The van der Waals surface area contributed by atoms with Crippen LogP contribution in [0.1, 0.15) is 31.4 Å². The molecule has 3 aliphatic rings. The van der Waals surface area contributed by atoms with Gasteiger partial charge in [-0.2, -0.15) is 4.98 Å². The maximum atomic E-state index is 13.9. The Bertz CT molecular complexity index is 1180. The van der Waals surface area contributed by atoms with E-state index in [-0.39, 0.29) is 0 Å². The smallest absolute Gasteiger partial charge is 0.244 e. The first-order valence-corrected chi connectivity index (χ1v) is 12.0. The molecule has 0 amide bonds. The van der Waals surface area contributed by atoms with Gasteiger partial charge in [0.05, 0.1) is 0 Å². The van der Waals surface area contributed by atoms with E-state index in [1.807, 2.05) is 22.6 Å². The molecule has 1 saturated heterocycles. The Morgan fingerprint density at radius 2 is 1.76 bits per heavy atom. The van der Waals surface area contributed by atoms with Gasteiger partial charge in [0.1, 0.15) is 12.1 Å². The molecule has 1 aromatic carbocycles. The second-order valence-corrected chi connectivity index (χ2v) is 9.61. The van der Waals surface area contributed by atoms with E-state index in [0.717, 1.165) is 56.8 Å². The fourth-order valence-electron chi connectivity index (χ4n) is 5.68. The maximum absolute atomic E-state index is 13.9. The topological polar surface area (TPSA) is 75.0 Å². The highest BCUT2D eigenvalue weighted by atomic mass is 19.2. The number of fused-ring (bicyclic) bond motifs is 3. The summed E-state index contributed by atoms with van der Waals surface area (Å²) in [5.41, 5.74) is 1.57. The Morgan fingerprint density at radius 3 is 2.53 bits per heavy atom. The van der Waals surface area contributed by atoms with E-state index in [4.69, 9.17) is 10.1 Å². The van der Waals surface area contributed by atoms with Gasteiger partial charge in [-0.15, -0.1) is 5.10 Å². The van der Waals surface area contributed by atoms with Crippen molar-refractivity contribution in [3.63, 3.8) is 0 Å². The molecule has 1 N–H and O–H groups in total. The molecule has 3 aromatic rings. The molecule has 1 aliphatic carbocycles. The lowest BCUT2D eigenvalue weighted by Crippen LogP contribution is -2.48. The summed E-state index contributed by atoms with van der Waals surface area (Å²) in [6, 6.07) is 6.36. The second kappa shape index (κ2) is 8.48. The molecule has 10 heteroatoms. The Kier molecular flexibility index (Phi) is 5.30. The van der Waals surface area contributed by atoms with Crippen LogP contribution in [0.15, 0.2) is 30.6 Å². The number of piperidine rings is 1. The number of hydrogen-bond donors (Lipinski definition) is 1. The lowest BCUT2D eigenvalue weighted by molar-refractivity contribution is 0.374. The first-order valence-electron chi connectivity index (χ1n) is 12.0. The maximum Gasteiger partial charge on any atom is 0.244 e. The third-order valence-electron chi connectivity index (χ3n) is 7.35. The average Bonchev–Trinajstić information content (AvgIpc) is 3.23. The zero-order valence-electron chi connectivity index (χ0n) is 19.2. The minimum atomic E-state index is -0.853. The van der Waals surface area contributed by atoms with Gasteiger partial charge in [-0.3, -0.25) is 0 Å². The van der Waals surface area contributed by atoms with E-state index in [9.17, 15) is 8.78 Å². The van der Waals surface area contributed by atoms with Gasteiger partial charge in [-0.05, 0) is 56.6 Å². The fraction of sp³-hybridized carbons (Fsp3) is 0.500. The molecule has 34 heavy (non-hydrogen) atoms. The lowest BCUT2D eigenvalue weighted by atomic mass is 9.92. The van der Waals surface area contributed by atoms with E-state index < -0.39 is 11.6 Å². The summed E-state index contributed by atoms with van der Waals surface area (Å²) < 4.78 is 29.3. The molecule has 2 bridgehead atoms. The highest BCUT2D eigenvalue weighted by Crippen LogP contribution is 2.40. The van der Waals surface area contributed by atoms with Crippen LogP contribution in [0.5, 0.6) is 0 Å². The second-order valence-electron chi connectivity index (χ2n) is 9.61. The monoisotopic (exact) mass is 466 g/mol. The predicted octanol–water partition coefficient (Wildman–Crippen LogP) is 3.91. The number of nitrogens with zero attached hydrogens (tertiary/aromatic N) is 7. The number of anilines is 4. The summed E-state index contributed by atoms with van der Waals surface area (Å²) >= 11 is 0. The SMILES string of the molecule is Cc1cc(N2C[C@H]3CC[C@@H](C2)[C@H]3Nc2nc3n(n2)CCCCN3c2ccc(F)c(F)c2)ncn1. The molecule has 4 heterocycles. The van der Waals surface area contributed by atoms with Crippen LogP contribution in [-0.2, 0) is 6.54 Å². The third-order valence-corrected chi connectivity index (χ3v) is 7.35. The van der Waals surface area contributed by atoms with Crippen molar-refractivity contribution in [2.24, 2.45) is 11.8 Å². The van der Waals surface area contributed by atoms with Crippen molar-refractivity contribution in [1.29, 1.82) is 0 Å². The largest absolute Gasteiger partial charge is 0.356 e. The molecular weight excluding hydrogens is 438 g/mol. The number of halogens is 2. The van der Waals surface area contributed by atoms with Crippen LogP contribution < -0.4 is 15.1 Å². The van der Waals surface area contributed by atoms with Crippen molar-refractivity contribution < 1.29 is 8.78 Å². The highest BCUT2D eigenvalue weighted by molar-refractivity contribution is 5.59. The van der Waals surface area contributed by atoms with Crippen molar-refractivity contribution >= 4 is 23.4 Å². The van der Waals surface area contributed by atoms with Crippen LogP contribution in [0, 0.1) is 30.4 Å². The van der Waals surface area contributed by atoms with E-state index in [0.29, 0.717) is 42.0 Å². The third kappa shape index (κ3) is 3.84. The predicted molar refractivity (Wildman–Crippen MR) is 125 cm³/mol. The molecular formula is C24H28F2N8. The molecule has 0 radical (unpaired) electrons. The summed E-state index contributed by atoms with van der Waals surface area (Å²) in [6.07, 6.45) is 5.85. The number of aromatic nitrogens is 5. The number of benzene rings is 1. The van der Waals surface area contributed by atoms with Gasteiger partial charge < -0.3 is 15.1 Å². The van der Waals surface area contributed by atoms with Gasteiger partial charge in [-0.1, -0.05) is 0 Å². The summed E-state index contributed by atoms with van der Waals surface area (Å²) in [7, 11) is 0. The minimum Gasteiger partial charge on any atom is -0.356 e. The number of aryl methyl sites for hydroxylation is 2. The molecule has 178 valence electrons. The highest BCUT2D eigenvalue weighted by Gasteiger charge is 2.43. The normalized spacial score (nSPS) is 24.1. The number of rotatable bonds is 4. The molecule has 2 aliphatic heterocycles.